The number of piperidine rings is 1. The zero-order valence-electron chi connectivity index (χ0n) is 20.8. The SMILES string of the molecule is Cc1ccc(S(=O)(=O)OCCCCCCCCN2CCC(NC(=O)OC(C)(C)C)CC2)cc1. The van der Waals surface area contributed by atoms with Crippen molar-refractivity contribution in [3.05, 3.63) is 29.8 Å². The Morgan fingerprint density at radius 3 is 2.18 bits per heavy atom. The minimum Gasteiger partial charge on any atom is -0.444 e. The second kappa shape index (κ2) is 13.3. The monoisotopic (exact) mass is 482 g/mol. The highest BCUT2D eigenvalue weighted by Crippen LogP contribution is 2.16. The van der Waals surface area contributed by atoms with Gasteiger partial charge < -0.3 is 15.0 Å². The number of aryl methyl sites for hydroxylation is 1. The molecule has 8 heteroatoms. The molecular formula is C25H42N2O5S. The average Bonchev–Trinajstić information content (AvgIpc) is 2.72. The third-order valence-corrected chi connectivity index (χ3v) is 7.05. The molecule has 0 aliphatic carbocycles. The van der Waals surface area contributed by atoms with Crippen LogP contribution in [0.1, 0.15) is 77.7 Å². The first kappa shape index (κ1) is 27.6. The van der Waals surface area contributed by atoms with Crippen molar-refractivity contribution in [2.24, 2.45) is 0 Å². The quantitative estimate of drug-likeness (QED) is 0.332. The normalized spacial score (nSPS) is 16.0. The van der Waals surface area contributed by atoms with Crippen molar-refractivity contribution in [2.75, 3.05) is 26.2 Å². The molecule has 1 aromatic carbocycles. The van der Waals surface area contributed by atoms with E-state index >= 15 is 0 Å². The van der Waals surface area contributed by atoms with Gasteiger partial charge in [0, 0.05) is 19.1 Å². The maximum atomic E-state index is 12.1. The molecule has 1 amide bonds. The minimum absolute atomic E-state index is 0.202. The van der Waals surface area contributed by atoms with E-state index in [-0.39, 0.29) is 23.6 Å². The van der Waals surface area contributed by atoms with E-state index in [4.69, 9.17) is 8.92 Å². The largest absolute Gasteiger partial charge is 0.444 e. The summed E-state index contributed by atoms with van der Waals surface area (Å²) in [5, 5.41) is 2.98. The van der Waals surface area contributed by atoms with Crippen LogP contribution in [-0.2, 0) is 19.0 Å². The van der Waals surface area contributed by atoms with Gasteiger partial charge in [-0.2, -0.15) is 8.42 Å². The Hall–Kier alpha value is -1.64. The molecule has 0 atom stereocenters. The Bertz CT molecular complexity index is 810. The number of alkyl carbamates (subject to hydrolysis) is 1. The van der Waals surface area contributed by atoms with E-state index in [9.17, 15) is 13.2 Å². The maximum absolute atomic E-state index is 12.1. The van der Waals surface area contributed by atoms with E-state index in [1.54, 1.807) is 24.3 Å². The Morgan fingerprint density at radius 1 is 1.00 bits per heavy atom. The number of nitrogens with one attached hydrogen (secondary N) is 1. The zero-order valence-corrected chi connectivity index (χ0v) is 21.6. The van der Waals surface area contributed by atoms with Gasteiger partial charge in [0.2, 0.25) is 0 Å². The van der Waals surface area contributed by atoms with Crippen molar-refractivity contribution in [2.45, 2.75) is 95.6 Å². The fourth-order valence-electron chi connectivity index (χ4n) is 3.86. The molecule has 0 radical (unpaired) electrons. The Labute approximate surface area is 200 Å². The summed E-state index contributed by atoms with van der Waals surface area (Å²) in [5.74, 6) is 0. The number of rotatable bonds is 12. The van der Waals surface area contributed by atoms with Crippen LogP contribution in [0.15, 0.2) is 29.2 Å². The van der Waals surface area contributed by atoms with Crippen LogP contribution in [0.5, 0.6) is 0 Å². The molecule has 0 spiro atoms. The first-order valence-corrected chi connectivity index (χ1v) is 13.6. The van der Waals surface area contributed by atoms with E-state index in [1.165, 1.54) is 12.8 Å². The van der Waals surface area contributed by atoms with Gasteiger partial charge in [0.1, 0.15) is 5.60 Å². The number of hydrogen-bond acceptors (Lipinski definition) is 6. The van der Waals surface area contributed by atoms with Crippen LogP contribution in [-0.4, -0.2) is 57.3 Å². The molecule has 188 valence electrons. The zero-order chi connectivity index (χ0) is 24.3. The van der Waals surface area contributed by atoms with Crippen molar-refractivity contribution < 1.29 is 22.1 Å². The van der Waals surface area contributed by atoms with Gasteiger partial charge in [0.25, 0.3) is 10.1 Å². The maximum Gasteiger partial charge on any atom is 0.407 e. The highest BCUT2D eigenvalue weighted by atomic mass is 32.2. The van der Waals surface area contributed by atoms with E-state index < -0.39 is 15.7 Å². The van der Waals surface area contributed by atoms with Gasteiger partial charge in [0.05, 0.1) is 11.5 Å². The predicted molar refractivity (Wildman–Crippen MR) is 131 cm³/mol. The summed E-state index contributed by atoms with van der Waals surface area (Å²) in [5.41, 5.74) is 0.561. The fourth-order valence-corrected chi connectivity index (χ4v) is 4.80. The van der Waals surface area contributed by atoms with E-state index in [0.717, 1.165) is 63.7 Å². The molecule has 2 rings (SSSR count). The standard InChI is InChI=1S/C25H42N2O5S/c1-21-11-13-23(14-12-21)33(29,30)31-20-10-8-6-5-7-9-17-27-18-15-22(16-19-27)26-24(28)32-25(2,3)4/h11-14,22H,5-10,15-20H2,1-4H3,(H,26,28). The second-order valence-electron chi connectivity index (χ2n) is 9.97. The molecule has 1 saturated heterocycles. The number of benzene rings is 1. The van der Waals surface area contributed by atoms with Gasteiger partial charge in [-0.15, -0.1) is 0 Å². The van der Waals surface area contributed by atoms with Crippen molar-refractivity contribution in [1.29, 1.82) is 0 Å². The Balaban J connectivity index is 1.46. The van der Waals surface area contributed by atoms with E-state index in [1.807, 2.05) is 27.7 Å². The van der Waals surface area contributed by atoms with Gasteiger partial charge in [-0.05, 0) is 72.1 Å². The van der Waals surface area contributed by atoms with Crippen LogP contribution >= 0.6 is 0 Å². The molecule has 1 N–H and O–H groups in total. The fraction of sp³-hybridized carbons (Fsp3) is 0.720. The molecule has 33 heavy (non-hydrogen) atoms. The minimum atomic E-state index is -3.65. The number of unbranched alkanes of at least 4 members (excludes halogenated alkanes) is 5. The number of carbonyl (C=O) groups is 1. The molecule has 1 fully saturated rings. The summed E-state index contributed by atoms with van der Waals surface area (Å²) >= 11 is 0. The number of ether oxygens (including phenoxy) is 1. The number of nitrogens with zero attached hydrogens (tertiary/aromatic N) is 1. The van der Waals surface area contributed by atoms with Crippen LogP contribution in [0, 0.1) is 6.92 Å². The van der Waals surface area contributed by atoms with Crippen molar-refractivity contribution >= 4 is 16.2 Å². The molecule has 1 aromatic rings. The van der Waals surface area contributed by atoms with Gasteiger partial charge in [-0.1, -0.05) is 43.4 Å². The molecule has 0 aromatic heterocycles. The van der Waals surface area contributed by atoms with Crippen molar-refractivity contribution in [3.8, 4) is 0 Å². The molecule has 1 aliphatic rings. The number of amides is 1. The van der Waals surface area contributed by atoms with Crippen LogP contribution in [0.2, 0.25) is 0 Å². The van der Waals surface area contributed by atoms with E-state index in [2.05, 4.69) is 10.2 Å². The first-order valence-electron chi connectivity index (χ1n) is 12.2. The van der Waals surface area contributed by atoms with Gasteiger partial charge >= 0.3 is 6.09 Å². The predicted octanol–water partition coefficient (Wildman–Crippen LogP) is 5.03. The summed E-state index contributed by atoms with van der Waals surface area (Å²) in [4.78, 5) is 14.6. The summed E-state index contributed by atoms with van der Waals surface area (Å²) in [6.45, 7) is 10.9. The second-order valence-corrected chi connectivity index (χ2v) is 11.6. The summed E-state index contributed by atoms with van der Waals surface area (Å²) < 4.78 is 34.8. The molecule has 0 saturated carbocycles. The Kier molecular flexibility index (Phi) is 11.1. The van der Waals surface area contributed by atoms with Crippen molar-refractivity contribution in [3.63, 3.8) is 0 Å². The van der Waals surface area contributed by atoms with Gasteiger partial charge in [-0.3, -0.25) is 4.18 Å². The molecule has 1 aliphatic heterocycles. The third kappa shape index (κ3) is 11.4. The topological polar surface area (TPSA) is 84.9 Å². The highest BCUT2D eigenvalue weighted by Gasteiger charge is 2.23. The Morgan fingerprint density at radius 2 is 1.58 bits per heavy atom. The lowest BCUT2D eigenvalue weighted by atomic mass is 10.0. The lowest BCUT2D eigenvalue weighted by molar-refractivity contribution is 0.0478. The van der Waals surface area contributed by atoms with Crippen LogP contribution in [0.25, 0.3) is 0 Å². The summed E-state index contributed by atoms with van der Waals surface area (Å²) in [6.07, 6.45) is 7.93. The molecule has 1 heterocycles. The molecule has 0 bridgehead atoms. The van der Waals surface area contributed by atoms with Gasteiger partial charge in [0.15, 0.2) is 0 Å². The summed E-state index contributed by atoms with van der Waals surface area (Å²) in [6, 6.07) is 6.93. The lowest BCUT2D eigenvalue weighted by Gasteiger charge is -2.32. The average molecular weight is 483 g/mol. The van der Waals surface area contributed by atoms with Crippen LogP contribution in [0.4, 0.5) is 4.79 Å². The van der Waals surface area contributed by atoms with E-state index in [0.29, 0.717) is 0 Å². The summed E-state index contributed by atoms with van der Waals surface area (Å²) in [7, 11) is -3.65. The van der Waals surface area contributed by atoms with Crippen LogP contribution < -0.4 is 5.32 Å². The van der Waals surface area contributed by atoms with Crippen molar-refractivity contribution in [1.82, 2.24) is 10.2 Å². The number of hydrogen-bond donors (Lipinski definition) is 1. The molecule has 0 unspecified atom stereocenters. The smallest absolute Gasteiger partial charge is 0.407 e. The third-order valence-electron chi connectivity index (χ3n) is 5.73. The molecule has 7 nitrogen and oxygen atoms in total. The molecular weight excluding hydrogens is 440 g/mol. The van der Waals surface area contributed by atoms with Gasteiger partial charge in [-0.25, -0.2) is 4.79 Å². The van der Waals surface area contributed by atoms with Crippen LogP contribution in [0.3, 0.4) is 0 Å². The number of carbonyl (C=O) groups excluding carboxylic acids is 1. The first-order chi connectivity index (χ1) is 15.5. The number of likely N-dealkylation sites (tertiary alicyclic amines) is 1. The lowest BCUT2D eigenvalue weighted by Crippen LogP contribution is -2.46. The highest BCUT2D eigenvalue weighted by molar-refractivity contribution is 7.86.